The molecule has 0 spiro atoms. The zero-order valence-electron chi connectivity index (χ0n) is 13.6. The van der Waals surface area contributed by atoms with E-state index in [0.29, 0.717) is 0 Å². The van der Waals surface area contributed by atoms with Gasteiger partial charge in [0.1, 0.15) is 0 Å². The number of amides is 2. The van der Waals surface area contributed by atoms with Crippen molar-refractivity contribution in [1.29, 1.82) is 0 Å². The summed E-state index contributed by atoms with van der Waals surface area (Å²) >= 11 is 0. The minimum atomic E-state index is -0.225. The van der Waals surface area contributed by atoms with Crippen molar-refractivity contribution in [3.63, 3.8) is 0 Å². The first-order valence-corrected chi connectivity index (χ1v) is 7.96. The monoisotopic (exact) mass is 316 g/mol. The molecular formula is C21H20N2O. The van der Waals surface area contributed by atoms with Crippen LogP contribution in [-0.4, -0.2) is 6.03 Å². The first-order valence-electron chi connectivity index (χ1n) is 7.96. The highest BCUT2D eigenvalue weighted by atomic mass is 16.2. The van der Waals surface area contributed by atoms with Gasteiger partial charge >= 0.3 is 6.03 Å². The minimum Gasteiger partial charge on any atom is -0.327 e. The van der Waals surface area contributed by atoms with E-state index in [-0.39, 0.29) is 12.1 Å². The van der Waals surface area contributed by atoms with E-state index in [4.69, 9.17) is 0 Å². The fourth-order valence-electron chi connectivity index (χ4n) is 2.59. The van der Waals surface area contributed by atoms with Gasteiger partial charge in [0.05, 0.1) is 6.04 Å². The fourth-order valence-corrected chi connectivity index (χ4v) is 2.59. The smallest absolute Gasteiger partial charge is 0.319 e. The van der Waals surface area contributed by atoms with Crippen LogP contribution in [0.15, 0.2) is 84.9 Å². The summed E-state index contributed by atoms with van der Waals surface area (Å²) in [7, 11) is 0. The van der Waals surface area contributed by atoms with Gasteiger partial charge in [0.15, 0.2) is 0 Å². The number of aryl methyl sites for hydroxylation is 1. The van der Waals surface area contributed by atoms with E-state index in [1.54, 1.807) is 0 Å². The Hall–Kier alpha value is -3.07. The zero-order valence-corrected chi connectivity index (χ0v) is 13.6. The van der Waals surface area contributed by atoms with Crippen molar-refractivity contribution in [1.82, 2.24) is 5.32 Å². The molecule has 3 nitrogen and oxygen atoms in total. The SMILES string of the molecule is Cc1ccc(NC(=O)NC(c2ccccc2)c2ccccc2)cc1. The molecule has 120 valence electrons. The zero-order chi connectivity index (χ0) is 16.8. The third-order valence-electron chi connectivity index (χ3n) is 3.85. The van der Waals surface area contributed by atoms with E-state index in [9.17, 15) is 4.79 Å². The van der Waals surface area contributed by atoms with Crippen LogP contribution < -0.4 is 10.6 Å². The predicted molar refractivity (Wildman–Crippen MR) is 98.1 cm³/mol. The van der Waals surface area contributed by atoms with Gasteiger partial charge in [-0.15, -0.1) is 0 Å². The second kappa shape index (κ2) is 7.47. The molecule has 0 aromatic heterocycles. The molecule has 0 radical (unpaired) electrons. The Bertz CT molecular complexity index is 744. The lowest BCUT2D eigenvalue weighted by Gasteiger charge is -2.20. The summed E-state index contributed by atoms with van der Waals surface area (Å²) in [5, 5.41) is 5.95. The number of anilines is 1. The third-order valence-corrected chi connectivity index (χ3v) is 3.85. The normalized spacial score (nSPS) is 10.4. The Morgan fingerprint density at radius 2 is 1.25 bits per heavy atom. The fraction of sp³-hybridized carbons (Fsp3) is 0.0952. The van der Waals surface area contributed by atoms with E-state index in [1.807, 2.05) is 91.9 Å². The molecule has 0 aliphatic heterocycles. The van der Waals surface area contributed by atoms with E-state index >= 15 is 0 Å². The van der Waals surface area contributed by atoms with E-state index < -0.39 is 0 Å². The number of hydrogen-bond donors (Lipinski definition) is 2. The van der Waals surface area contributed by atoms with Crippen LogP contribution in [0.2, 0.25) is 0 Å². The van der Waals surface area contributed by atoms with E-state index in [1.165, 1.54) is 0 Å². The van der Waals surface area contributed by atoms with Crippen LogP contribution in [0.1, 0.15) is 22.7 Å². The predicted octanol–water partition coefficient (Wildman–Crippen LogP) is 4.91. The molecule has 0 fully saturated rings. The van der Waals surface area contributed by atoms with E-state index in [0.717, 1.165) is 22.4 Å². The molecule has 0 heterocycles. The van der Waals surface area contributed by atoms with Crippen LogP contribution in [0.3, 0.4) is 0 Å². The molecule has 3 aromatic rings. The molecule has 2 N–H and O–H groups in total. The number of urea groups is 1. The van der Waals surface area contributed by atoms with Crippen LogP contribution in [0.25, 0.3) is 0 Å². The van der Waals surface area contributed by atoms with Gasteiger partial charge in [-0.3, -0.25) is 0 Å². The molecule has 24 heavy (non-hydrogen) atoms. The highest BCUT2D eigenvalue weighted by molar-refractivity contribution is 5.89. The van der Waals surface area contributed by atoms with Crippen molar-refractivity contribution in [2.45, 2.75) is 13.0 Å². The average molecular weight is 316 g/mol. The average Bonchev–Trinajstić information content (AvgIpc) is 2.63. The standard InChI is InChI=1S/C21H20N2O/c1-16-12-14-19(15-13-16)22-21(24)23-20(17-8-4-2-5-9-17)18-10-6-3-7-11-18/h2-15,20H,1H3,(H2,22,23,24). The van der Waals surface area contributed by atoms with Gasteiger partial charge in [-0.2, -0.15) is 0 Å². The summed E-state index contributed by atoms with van der Waals surface area (Å²) in [6.07, 6.45) is 0. The second-order valence-corrected chi connectivity index (χ2v) is 5.72. The van der Waals surface area contributed by atoms with Crippen LogP contribution in [0, 0.1) is 6.92 Å². The van der Waals surface area contributed by atoms with Gasteiger partial charge in [0, 0.05) is 5.69 Å². The van der Waals surface area contributed by atoms with Crippen LogP contribution in [0.4, 0.5) is 10.5 Å². The molecular weight excluding hydrogens is 296 g/mol. The number of nitrogens with one attached hydrogen (secondary N) is 2. The molecule has 2 amide bonds. The lowest BCUT2D eigenvalue weighted by atomic mass is 9.99. The van der Waals surface area contributed by atoms with Crippen LogP contribution in [-0.2, 0) is 0 Å². The molecule has 0 unspecified atom stereocenters. The van der Waals surface area contributed by atoms with Gasteiger partial charge in [0.25, 0.3) is 0 Å². The molecule has 0 bridgehead atoms. The Morgan fingerprint density at radius 3 is 1.75 bits per heavy atom. The van der Waals surface area contributed by atoms with Crippen LogP contribution in [0.5, 0.6) is 0 Å². The van der Waals surface area contributed by atoms with Crippen LogP contribution >= 0.6 is 0 Å². The lowest BCUT2D eigenvalue weighted by Crippen LogP contribution is -2.33. The number of carbonyl (C=O) groups excluding carboxylic acids is 1. The summed E-state index contributed by atoms with van der Waals surface area (Å²) in [6, 6.07) is 27.2. The minimum absolute atomic E-state index is 0.196. The van der Waals surface area contributed by atoms with Crippen molar-refractivity contribution in [3.05, 3.63) is 102 Å². The molecule has 0 saturated heterocycles. The summed E-state index contributed by atoms with van der Waals surface area (Å²) < 4.78 is 0. The molecule has 0 aliphatic carbocycles. The summed E-state index contributed by atoms with van der Waals surface area (Å²) in [5.41, 5.74) is 4.02. The van der Waals surface area contributed by atoms with Crippen molar-refractivity contribution in [3.8, 4) is 0 Å². The maximum absolute atomic E-state index is 12.4. The molecule has 0 aliphatic rings. The summed E-state index contributed by atoms with van der Waals surface area (Å²) in [5.74, 6) is 0. The number of hydrogen-bond acceptors (Lipinski definition) is 1. The maximum atomic E-state index is 12.4. The van der Waals surface area contributed by atoms with Gasteiger partial charge in [-0.25, -0.2) is 4.79 Å². The Balaban J connectivity index is 1.79. The highest BCUT2D eigenvalue weighted by Gasteiger charge is 2.16. The summed E-state index contributed by atoms with van der Waals surface area (Å²) in [6.45, 7) is 2.02. The highest BCUT2D eigenvalue weighted by Crippen LogP contribution is 2.22. The molecule has 3 rings (SSSR count). The molecule has 0 saturated carbocycles. The largest absolute Gasteiger partial charge is 0.327 e. The number of rotatable bonds is 4. The maximum Gasteiger partial charge on any atom is 0.319 e. The van der Waals surface area contributed by atoms with Crippen molar-refractivity contribution >= 4 is 11.7 Å². The Morgan fingerprint density at radius 1 is 0.750 bits per heavy atom. The lowest BCUT2D eigenvalue weighted by molar-refractivity contribution is 0.250. The third kappa shape index (κ3) is 4.02. The van der Waals surface area contributed by atoms with Gasteiger partial charge in [-0.05, 0) is 30.2 Å². The van der Waals surface area contributed by atoms with Crippen molar-refractivity contribution in [2.24, 2.45) is 0 Å². The molecule has 3 aromatic carbocycles. The molecule has 3 heteroatoms. The first-order chi connectivity index (χ1) is 11.7. The van der Waals surface area contributed by atoms with E-state index in [2.05, 4.69) is 10.6 Å². The van der Waals surface area contributed by atoms with Gasteiger partial charge in [-0.1, -0.05) is 78.4 Å². The topological polar surface area (TPSA) is 41.1 Å². The van der Waals surface area contributed by atoms with Crippen molar-refractivity contribution in [2.75, 3.05) is 5.32 Å². The Labute approximate surface area is 142 Å². The first kappa shape index (κ1) is 15.8. The van der Waals surface area contributed by atoms with Gasteiger partial charge in [0.2, 0.25) is 0 Å². The number of carbonyl (C=O) groups is 1. The van der Waals surface area contributed by atoms with Gasteiger partial charge < -0.3 is 10.6 Å². The molecule has 0 atom stereocenters. The Kier molecular flexibility index (Phi) is 4.92. The quantitative estimate of drug-likeness (QED) is 0.706. The summed E-state index contributed by atoms with van der Waals surface area (Å²) in [4.78, 5) is 12.4. The second-order valence-electron chi connectivity index (χ2n) is 5.72. The van der Waals surface area contributed by atoms with Crippen molar-refractivity contribution < 1.29 is 4.79 Å². The number of benzene rings is 3.